The normalized spacial score (nSPS) is 19.6. The summed E-state index contributed by atoms with van der Waals surface area (Å²) in [7, 11) is 0. The van der Waals surface area contributed by atoms with E-state index < -0.39 is 16.2 Å². The van der Waals surface area contributed by atoms with Crippen molar-refractivity contribution in [2.24, 2.45) is 0 Å². The van der Waals surface area contributed by atoms with Gasteiger partial charge in [-0.15, -0.1) is 0 Å². The van der Waals surface area contributed by atoms with E-state index in [2.05, 4.69) is 5.32 Å². The predicted octanol–water partition coefficient (Wildman–Crippen LogP) is 3.52. The van der Waals surface area contributed by atoms with E-state index in [1.807, 2.05) is 0 Å². The number of non-ortho nitro benzene ring substituents is 1. The first-order chi connectivity index (χ1) is 25.1. The number of ether oxygens (including phenoxy) is 10. The van der Waals surface area contributed by atoms with Gasteiger partial charge in [-0.25, -0.2) is 0 Å². The number of anilines is 1. The van der Waals surface area contributed by atoms with Crippen LogP contribution in [0.25, 0.3) is 0 Å². The number of hydrogen-bond donors (Lipinski definition) is 1. The molecule has 51 heavy (non-hydrogen) atoms. The first kappa shape index (κ1) is 36.3. The number of amides is 1. The molecule has 0 atom stereocenters. The Hall–Kier alpha value is -4.51. The van der Waals surface area contributed by atoms with Gasteiger partial charge < -0.3 is 52.7 Å². The van der Waals surface area contributed by atoms with Crippen molar-refractivity contribution >= 4 is 17.3 Å². The van der Waals surface area contributed by atoms with Crippen molar-refractivity contribution < 1.29 is 57.1 Å². The van der Waals surface area contributed by atoms with Gasteiger partial charge in [0.2, 0.25) is 5.91 Å². The van der Waals surface area contributed by atoms with Crippen LogP contribution in [0.15, 0.2) is 54.6 Å². The second-order valence-corrected chi connectivity index (χ2v) is 11.6. The molecule has 0 fully saturated rings. The van der Waals surface area contributed by atoms with Gasteiger partial charge in [0.25, 0.3) is 5.69 Å². The van der Waals surface area contributed by atoms with E-state index in [-0.39, 0.29) is 45.3 Å². The van der Waals surface area contributed by atoms with Crippen LogP contribution < -0.4 is 24.3 Å². The molecule has 0 radical (unpaired) electrons. The van der Waals surface area contributed by atoms with Crippen molar-refractivity contribution in [3.8, 4) is 23.0 Å². The van der Waals surface area contributed by atoms with Crippen molar-refractivity contribution in [3.05, 3.63) is 81.4 Å². The number of carbonyl (C=O) groups excluding carboxylic acids is 1. The molecule has 3 aliphatic rings. The summed E-state index contributed by atoms with van der Waals surface area (Å²) >= 11 is 0. The lowest BCUT2D eigenvalue weighted by molar-refractivity contribution is -0.384. The summed E-state index contributed by atoms with van der Waals surface area (Å²) in [5.41, 5.74) is 0.0677. The maximum atomic E-state index is 14.5. The molecule has 3 heterocycles. The second kappa shape index (κ2) is 18.1. The van der Waals surface area contributed by atoms with E-state index in [0.29, 0.717) is 111 Å². The summed E-state index contributed by atoms with van der Waals surface area (Å²) in [6.07, 6.45) is 0. The zero-order chi connectivity index (χ0) is 35.3. The van der Waals surface area contributed by atoms with Gasteiger partial charge in [0.05, 0.1) is 84.2 Å². The zero-order valence-corrected chi connectivity index (χ0v) is 28.3. The fraction of sp³-hybridized carbons (Fsp3) is 0.472. The molecule has 0 spiro atoms. The first-order valence-electron chi connectivity index (χ1n) is 16.9. The minimum Gasteiger partial charge on any atom is -0.487 e. The van der Waals surface area contributed by atoms with Crippen LogP contribution in [0.2, 0.25) is 0 Å². The molecule has 0 saturated carbocycles. The van der Waals surface area contributed by atoms with E-state index in [9.17, 15) is 14.9 Å². The number of rotatable bonds is 3. The highest BCUT2D eigenvalue weighted by molar-refractivity contribution is 6.11. The van der Waals surface area contributed by atoms with Gasteiger partial charge in [0.15, 0.2) is 23.0 Å². The Labute approximate surface area is 295 Å². The fourth-order valence-electron chi connectivity index (χ4n) is 6.02. The van der Waals surface area contributed by atoms with Gasteiger partial charge >= 0.3 is 0 Å². The molecule has 0 aromatic heterocycles. The summed E-state index contributed by atoms with van der Waals surface area (Å²) in [5, 5.41) is 15.0. The third-order valence-electron chi connectivity index (χ3n) is 8.39. The van der Waals surface area contributed by atoms with Crippen molar-refractivity contribution in [3.63, 3.8) is 0 Å². The Morgan fingerprint density at radius 3 is 1.31 bits per heavy atom. The highest BCUT2D eigenvalue weighted by Gasteiger charge is 2.51. The third-order valence-corrected chi connectivity index (χ3v) is 8.39. The van der Waals surface area contributed by atoms with Crippen molar-refractivity contribution in [1.82, 2.24) is 0 Å². The van der Waals surface area contributed by atoms with Crippen LogP contribution in [0.4, 0.5) is 11.4 Å². The van der Waals surface area contributed by atoms with E-state index >= 15 is 0 Å². The van der Waals surface area contributed by atoms with Crippen molar-refractivity contribution in [1.29, 1.82) is 0 Å². The van der Waals surface area contributed by atoms with E-state index in [1.54, 1.807) is 36.4 Å². The summed E-state index contributed by atoms with van der Waals surface area (Å²) in [6.45, 7) is 5.47. The number of benzene rings is 3. The Morgan fingerprint density at radius 2 is 0.902 bits per heavy atom. The van der Waals surface area contributed by atoms with E-state index in [4.69, 9.17) is 47.4 Å². The Morgan fingerprint density at radius 1 is 0.510 bits per heavy atom. The molecule has 15 nitrogen and oxygen atoms in total. The molecule has 3 aromatic carbocycles. The zero-order valence-electron chi connectivity index (χ0n) is 28.3. The lowest BCUT2D eigenvalue weighted by Gasteiger charge is -2.30. The van der Waals surface area contributed by atoms with Crippen LogP contribution in [-0.2, 0) is 38.6 Å². The number of hydrogen-bond acceptors (Lipinski definition) is 13. The molecular formula is C36H42N2O13. The molecule has 0 unspecified atom stereocenters. The molecular weight excluding hydrogens is 668 g/mol. The van der Waals surface area contributed by atoms with Gasteiger partial charge in [-0.2, -0.15) is 0 Å². The molecule has 3 aromatic rings. The molecule has 15 heteroatoms. The van der Waals surface area contributed by atoms with Crippen molar-refractivity contribution in [2.45, 2.75) is 5.41 Å². The maximum absolute atomic E-state index is 14.5. The predicted molar refractivity (Wildman–Crippen MR) is 181 cm³/mol. The van der Waals surface area contributed by atoms with Gasteiger partial charge in [-0.3, -0.25) is 14.9 Å². The number of nitro groups is 1. The Bertz CT molecular complexity index is 1560. The minimum atomic E-state index is -1.57. The molecule has 6 rings (SSSR count). The van der Waals surface area contributed by atoms with Gasteiger partial charge in [0, 0.05) is 23.4 Å². The average Bonchev–Trinajstić information content (AvgIpc) is 3.42. The topological polar surface area (TPSA) is 165 Å². The third kappa shape index (κ3) is 8.87. The average molecular weight is 711 g/mol. The van der Waals surface area contributed by atoms with Crippen LogP contribution >= 0.6 is 0 Å². The summed E-state index contributed by atoms with van der Waals surface area (Å²) in [6, 6.07) is 14.7. The first-order valence-corrected chi connectivity index (χ1v) is 16.9. The quantitative estimate of drug-likeness (QED) is 0.311. The summed E-state index contributed by atoms with van der Waals surface area (Å²) in [4.78, 5) is 26.0. The maximum Gasteiger partial charge on any atom is 0.269 e. The van der Waals surface area contributed by atoms with Crippen LogP contribution in [-0.4, -0.2) is 117 Å². The number of carbonyl (C=O) groups is 1. The second-order valence-electron chi connectivity index (χ2n) is 11.6. The number of nitrogens with zero attached hydrogens (tertiary/aromatic N) is 1. The molecule has 0 aliphatic carbocycles. The van der Waals surface area contributed by atoms with Gasteiger partial charge in [-0.1, -0.05) is 12.1 Å². The lowest BCUT2D eigenvalue weighted by atomic mass is 9.70. The number of nitro benzene ring substituents is 1. The molecule has 3 aliphatic heterocycles. The highest BCUT2D eigenvalue weighted by atomic mass is 16.6. The lowest BCUT2D eigenvalue weighted by Crippen LogP contribution is -2.37. The van der Waals surface area contributed by atoms with Crippen molar-refractivity contribution in [2.75, 3.05) is 111 Å². The molecule has 1 amide bonds. The highest BCUT2D eigenvalue weighted by Crippen LogP contribution is 2.51. The SMILES string of the molecule is O=C1Nc2ccc([N+](=O)[O-])cc2C1(c1ccc2c(c1)OCCOCCOCCOCCO2)c1ccc2c(c1)OCCOCCOCCOCCO2. The minimum absolute atomic E-state index is 0.167. The fourth-order valence-corrected chi connectivity index (χ4v) is 6.02. The smallest absolute Gasteiger partial charge is 0.269 e. The number of fused-ring (bicyclic) bond motifs is 3. The van der Waals surface area contributed by atoms with Gasteiger partial charge in [-0.05, 0) is 41.5 Å². The number of nitrogens with one attached hydrogen (secondary N) is 1. The summed E-state index contributed by atoms with van der Waals surface area (Å²) < 4.78 is 58.0. The molecule has 0 bridgehead atoms. The Kier molecular flexibility index (Phi) is 12.9. The molecule has 0 saturated heterocycles. The molecule has 274 valence electrons. The Balaban J connectivity index is 1.43. The largest absolute Gasteiger partial charge is 0.487 e. The van der Waals surface area contributed by atoms with E-state index in [0.717, 1.165) is 0 Å². The van der Waals surface area contributed by atoms with E-state index in [1.165, 1.54) is 18.2 Å². The standard InChI is InChI=1S/C36H42N2O13/c39-35-36(29-25-28(38(40)41)3-4-30(29)37-35,26-1-5-31-33(23-26)50-21-17-46-13-9-42-7-11-44-15-19-48-31)27-2-6-32-34(24-27)51-22-18-47-14-10-43-8-12-45-16-20-49-32/h1-6,23-25H,7-22H2,(H,37,39). The van der Waals surface area contributed by atoms with Crippen LogP contribution in [0.1, 0.15) is 16.7 Å². The molecule has 1 N–H and O–H groups in total. The van der Waals surface area contributed by atoms with Crippen LogP contribution in [0.5, 0.6) is 23.0 Å². The van der Waals surface area contributed by atoms with Crippen LogP contribution in [0, 0.1) is 10.1 Å². The monoisotopic (exact) mass is 710 g/mol. The summed E-state index contributed by atoms with van der Waals surface area (Å²) in [5.74, 6) is 1.19. The van der Waals surface area contributed by atoms with Crippen LogP contribution in [0.3, 0.4) is 0 Å². The van der Waals surface area contributed by atoms with Gasteiger partial charge in [0.1, 0.15) is 31.8 Å².